The van der Waals surface area contributed by atoms with Crippen molar-refractivity contribution in [2.45, 2.75) is 72.6 Å². The molecule has 0 aromatic carbocycles. The standard InChI is InChI=1S/C20H30O4/c1-5-19(4)10-7-13-12(11-19)14(21)15(22)16-18(2,3)8-6-9-20(13,16)17(23)24/h13,16,21H,5-11H2,1-4H3,(H,23,24)/t13-,16-,19-,20-/m0/s1. The van der Waals surface area contributed by atoms with Crippen LogP contribution in [-0.2, 0) is 9.59 Å². The van der Waals surface area contributed by atoms with Crippen LogP contribution in [0.4, 0.5) is 0 Å². The van der Waals surface area contributed by atoms with E-state index < -0.39 is 22.7 Å². The summed E-state index contributed by atoms with van der Waals surface area (Å²) in [6, 6.07) is 0. The molecule has 134 valence electrons. The van der Waals surface area contributed by atoms with Gasteiger partial charge in [-0.2, -0.15) is 0 Å². The Kier molecular flexibility index (Phi) is 3.89. The van der Waals surface area contributed by atoms with Crippen LogP contribution in [0.2, 0.25) is 0 Å². The zero-order chi connectivity index (χ0) is 17.9. The Balaban J connectivity index is 2.19. The summed E-state index contributed by atoms with van der Waals surface area (Å²) in [7, 11) is 0. The van der Waals surface area contributed by atoms with E-state index in [2.05, 4.69) is 13.8 Å². The Morgan fingerprint density at radius 3 is 2.46 bits per heavy atom. The summed E-state index contributed by atoms with van der Waals surface area (Å²) >= 11 is 0. The van der Waals surface area contributed by atoms with Crippen molar-refractivity contribution in [3.8, 4) is 0 Å². The molecule has 2 saturated carbocycles. The van der Waals surface area contributed by atoms with E-state index in [4.69, 9.17) is 0 Å². The zero-order valence-electron chi connectivity index (χ0n) is 15.3. The molecule has 3 aliphatic carbocycles. The van der Waals surface area contributed by atoms with Gasteiger partial charge in [0.25, 0.3) is 0 Å². The summed E-state index contributed by atoms with van der Waals surface area (Å²) in [5.74, 6) is -2.10. The van der Waals surface area contributed by atoms with Crippen LogP contribution in [0, 0.1) is 28.1 Å². The Labute approximate surface area is 144 Å². The van der Waals surface area contributed by atoms with Gasteiger partial charge in [-0.25, -0.2) is 0 Å². The molecule has 0 aromatic heterocycles. The number of carbonyl (C=O) groups is 2. The SMILES string of the molecule is CC[C@@]1(C)CC[C@H]2C(=C(O)C(=O)[C@H]3C(C)(C)CCC[C@]23C(=O)O)C1. The third-order valence-corrected chi connectivity index (χ3v) is 7.46. The van der Waals surface area contributed by atoms with Crippen LogP contribution in [0.1, 0.15) is 72.6 Å². The van der Waals surface area contributed by atoms with Crippen LogP contribution >= 0.6 is 0 Å². The number of aliphatic carboxylic acids is 1. The first-order valence-corrected chi connectivity index (χ1v) is 9.29. The van der Waals surface area contributed by atoms with Gasteiger partial charge >= 0.3 is 5.97 Å². The van der Waals surface area contributed by atoms with Gasteiger partial charge in [0.05, 0.1) is 5.41 Å². The van der Waals surface area contributed by atoms with Crippen molar-refractivity contribution in [1.29, 1.82) is 0 Å². The van der Waals surface area contributed by atoms with Crippen LogP contribution in [0.25, 0.3) is 0 Å². The van der Waals surface area contributed by atoms with Crippen LogP contribution in [0.3, 0.4) is 0 Å². The molecule has 4 atom stereocenters. The highest BCUT2D eigenvalue weighted by molar-refractivity contribution is 6.02. The molecule has 0 amide bonds. The molecule has 2 N–H and O–H groups in total. The van der Waals surface area contributed by atoms with Gasteiger partial charge in [0.2, 0.25) is 5.78 Å². The van der Waals surface area contributed by atoms with E-state index in [1.165, 1.54) is 0 Å². The van der Waals surface area contributed by atoms with Gasteiger partial charge in [0.15, 0.2) is 5.76 Å². The number of carbonyl (C=O) groups excluding carboxylic acids is 1. The molecule has 0 saturated heterocycles. The highest BCUT2D eigenvalue weighted by atomic mass is 16.4. The number of hydrogen-bond donors (Lipinski definition) is 2. The predicted octanol–water partition coefficient (Wildman–Crippen LogP) is 4.49. The fourth-order valence-electron chi connectivity index (χ4n) is 5.92. The average Bonchev–Trinajstić information content (AvgIpc) is 2.51. The second-order valence-corrected chi connectivity index (χ2v) is 9.29. The molecule has 3 rings (SSSR count). The summed E-state index contributed by atoms with van der Waals surface area (Å²) in [6.07, 6.45) is 5.55. The number of ketones is 1. The molecule has 24 heavy (non-hydrogen) atoms. The van der Waals surface area contributed by atoms with E-state index in [9.17, 15) is 19.8 Å². The molecular formula is C20H30O4. The van der Waals surface area contributed by atoms with Crippen molar-refractivity contribution in [3.63, 3.8) is 0 Å². The molecule has 0 aromatic rings. The predicted molar refractivity (Wildman–Crippen MR) is 91.6 cm³/mol. The molecule has 0 bridgehead atoms. The Bertz CT molecular complexity index is 617. The number of carboxylic acid groups (broad SMARTS) is 1. The average molecular weight is 334 g/mol. The number of allylic oxidation sites excluding steroid dienone is 2. The lowest BCUT2D eigenvalue weighted by molar-refractivity contribution is -0.175. The number of aliphatic hydroxyl groups is 1. The fourth-order valence-corrected chi connectivity index (χ4v) is 5.92. The van der Waals surface area contributed by atoms with Crippen LogP contribution in [0.15, 0.2) is 11.3 Å². The Hall–Kier alpha value is -1.32. The summed E-state index contributed by atoms with van der Waals surface area (Å²) in [5, 5.41) is 20.9. The molecule has 0 radical (unpaired) electrons. The van der Waals surface area contributed by atoms with E-state index in [0.29, 0.717) is 12.8 Å². The summed E-state index contributed by atoms with van der Waals surface area (Å²) in [4.78, 5) is 25.5. The highest BCUT2D eigenvalue weighted by Crippen LogP contribution is 2.64. The van der Waals surface area contributed by atoms with Crippen LogP contribution < -0.4 is 0 Å². The molecule has 0 unspecified atom stereocenters. The molecule has 0 spiro atoms. The maximum Gasteiger partial charge on any atom is 0.311 e. The lowest BCUT2D eigenvalue weighted by atomic mass is 9.44. The number of fused-ring (bicyclic) bond motifs is 3. The maximum absolute atomic E-state index is 13.1. The first kappa shape index (κ1) is 17.5. The van der Waals surface area contributed by atoms with Crippen molar-refractivity contribution < 1.29 is 19.8 Å². The molecule has 4 heteroatoms. The molecule has 0 aliphatic heterocycles. The quantitative estimate of drug-likeness (QED) is 0.780. The van der Waals surface area contributed by atoms with Gasteiger partial charge in [0.1, 0.15) is 0 Å². The van der Waals surface area contributed by atoms with Gasteiger partial charge in [-0.15, -0.1) is 0 Å². The summed E-state index contributed by atoms with van der Waals surface area (Å²) in [5.41, 5.74) is -0.641. The number of rotatable bonds is 2. The summed E-state index contributed by atoms with van der Waals surface area (Å²) < 4.78 is 0. The van der Waals surface area contributed by atoms with E-state index in [1.807, 2.05) is 13.8 Å². The minimum Gasteiger partial charge on any atom is -0.504 e. The van der Waals surface area contributed by atoms with Gasteiger partial charge in [-0.1, -0.05) is 40.5 Å². The molecule has 3 aliphatic rings. The largest absolute Gasteiger partial charge is 0.504 e. The maximum atomic E-state index is 13.1. The van der Waals surface area contributed by atoms with E-state index in [0.717, 1.165) is 37.7 Å². The van der Waals surface area contributed by atoms with E-state index in [1.54, 1.807) is 0 Å². The minimum absolute atomic E-state index is 0.0524. The topological polar surface area (TPSA) is 74.6 Å². The Morgan fingerprint density at radius 2 is 1.88 bits per heavy atom. The van der Waals surface area contributed by atoms with E-state index >= 15 is 0 Å². The second kappa shape index (κ2) is 5.34. The fraction of sp³-hybridized carbons (Fsp3) is 0.800. The summed E-state index contributed by atoms with van der Waals surface area (Å²) in [6.45, 7) is 8.29. The number of carboxylic acids is 1. The Morgan fingerprint density at radius 1 is 1.21 bits per heavy atom. The minimum atomic E-state index is -1.03. The van der Waals surface area contributed by atoms with Crippen molar-refractivity contribution in [1.82, 2.24) is 0 Å². The third kappa shape index (κ3) is 2.18. The number of hydrogen-bond acceptors (Lipinski definition) is 3. The third-order valence-electron chi connectivity index (χ3n) is 7.46. The van der Waals surface area contributed by atoms with Gasteiger partial charge in [-0.05, 0) is 48.5 Å². The number of Topliss-reactive ketones (excluding diaryl/α,β-unsaturated/α-hetero) is 1. The molecule has 2 fully saturated rings. The van der Waals surface area contributed by atoms with Crippen LogP contribution in [0.5, 0.6) is 0 Å². The molecular weight excluding hydrogens is 304 g/mol. The van der Waals surface area contributed by atoms with Crippen molar-refractivity contribution in [2.75, 3.05) is 0 Å². The smallest absolute Gasteiger partial charge is 0.311 e. The van der Waals surface area contributed by atoms with Crippen molar-refractivity contribution >= 4 is 11.8 Å². The lowest BCUT2D eigenvalue weighted by Gasteiger charge is -2.57. The first-order chi connectivity index (χ1) is 11.1. The van der Waals surface area contributed by atoms with Crippen molar-refractivity contribution in [2.24, 2.45) is 28.1 Å². The molecule has 4 nitrogen and oxygen atoms in total. The lowest BCUT2D eigenvalue weighted by Crippen LogP contribution is -2.60. The van der Waals surface area contributed by atoms with Crippen LogP contribution in [-0.4, -0.2) is 22.0 Å². The van der Waals surface area contributed by atoms with Gasteiger partial charge < -0.3 is 10.2 Å². The normalized spacial score (nSPS) is 41.6. The van der Waals surface area contributed by atoms with Gasteiger partial charge in [0, 0.05) is 11.8 Å². The zero-order valence-corrected chi connectivity index (χ0v) is 15.3. The van der Waals surface area contributed by atoms with Gasteiger partial charge in [-0.3, -0.25) is 9.59 Å². The van der Waals surface area contributed by atoms with Crippen molar-refractivity contribution in [3.05, 3.63) is 11.3 Å². The monoisotopic (exact) mass is 334 g/mol. The molecule has 0 heterocycles. The van der Waals surface area contributed by atoms with E-state index in [-0.39, 0.29) is 22.9 Å². The first-order valence-electron chi connectivity index (χ1n) is 9.29. The highest BCUT2D eigenvalue weighted by Gasteiger charge is 2.65. The second-order valence-electron chi connectivity index (χ2n) is 9.29. The number of aliphatic hydroxyl groups excluding tert-OH is 1.